The van der Waals surface area contributed by atoms with Crippen molar-refractivity contribution in [3.05, 3.63) is 59.7 Å². The topological polar surface area (TPSA) is 72.7 Å². The average Bonchev–Trinajstić information content (AvgIpc) is 2.43. The van der Waals surface area contributed by atoms with Crippen LogP contribution in [0.3, 0.4) is 0 Å². The van der Waals surface area contributed by atoms with Gasteiger partial charge in [-0.1, -0.05) is 36.4 Å². The van der Waals surface area contributed by atoms with E-state index in [2.05, 4.69) is 5.32 Å². The highest BCUT2D eigenvalue weighted by Crippen LogP contribution is 2.27. The van der Waals surface area contributed by atoms with Gasteiger partial charge >= 0.3 is 0 Å². The quantitative estimate of drug-likeness (QED) is 0.619. The van der Waals surface area contributed by atoms with Crippen LogP contribution in [0.1, 0.15) is 17.2 Å². The molecule has 0 bridgehead atoms. The minimum absolute atomic E-state index is 0.187. The Kier molecular flexibility index (Phi) is 4.39. The van der Waals surface area contributed by atoms with Crippen LogP contribution in [-0.4, -0.2) is 21.9 Å². The van der Waals surface area contributed by atoms with Crippen molar-refractivity contribution in [1.29, 1.82) is 0 Å². The summed E-state index contributed by atoms with van der Waals surface area (Å²) in [6.07, 6.45) is -0.727. The van der Waals surface area contributed by atoms with Crippen molar-refractivity contribution in [2.24, 2.45) is 0 Å². The van der Waals surface area contributed by atoms with E-state index in [0.717, 1.165) is 5.56 Å². The van der Waals surface area contributed by atoms with Crippen LogP contribution in [0.2, 0.25) is 0 Å². The van der Waals surface area contributed by atoms with Crippen LogP contribution in [0.5, 0.6) is 11.5 Å². The minimum Gasteiger partial charge on any atom is -0.504 e. The first-order chi connectivity index (χ1) is 9.16. The third-order valence-corrected chi connectivity index (χ3v) is 2.89. The molecule has 2 aromatic rings. The molecule has 0 aliphatic heterocycles. The maximum absolute atomic E-state index is 9.96. The molecule has 0 unspecified atom stereocenters. The van der Waals surface area contributed by atoms with Crippen LogP contribution in [0, 0.1) is 0 Å². The first-order valence-corrected chi connectivity index (χ1v) is 6.11. The zero-order chi connectivity index (χ0) is 13.7. The van der Waals surface area contributed by atoms with E-state index in [1.165, 1.54) is 12.1 Å². The lowest BCUT2D eigenvalue weighted by Gasteiger charge is -2.13. The van der Waals surface area contributed by atoms with E-state index in [9.17, 15) is 15.3 Å². The SMILES string of the molecule is Oc1ccc([C@@H](O)CNCc2ccccc2)cc1O. The molecule has 4 nitrogen and oxygen atoms in total. The Labute approximate surface area is 112 Å². The number of aromatic hydroxyl groups is 2. The van der Waals surface area contributed by atoms with Crippen molar-refractivity contribution in [1.82, 2.24) is 5.32 Å². The first-order valence-electron chi connectivity index (χ1n) is 6.11. The van der Waals surface area contributed by atoms with Crippen molar-refractivity contribution in [3.8, 4) is 11.5 Å². The van der Waals surface area contributed by atoms with Gasteiger partial charge in [-0.25, -0.2) is 0 Å². The Balaban J connectivity index is 1.87. The summed E-state index contributed by atoms with van der Waals surface area (Å²) in [5, 5.41) is 31.7. The fourth-order valence-corrected chi connectivity index (χ4v) is 1.81. The van der Waals surface area contributed by atoms with Crippen molar-refractivity contribution >= 4 is 0 Å². The normalized spacial score (nSPS) is 12.3. The van der Waals surface area contributed by atoms with Gasteiger partial charge < -0.3 is 20.6 Å². The molecule has 0 heterocycles. The second-order valence-corrected chi connectivity index (χ2v) is 4.38. The highest BCUT2D eigenvalue weighted by Gasteiger charge is 2.09. The van der Waals surface area contributed by atoms with Crippen molar-refractivity contribution < 1.29 is 15.3 Å². The Morgan fingerprint density at radius 3 is 2.37 bits per heavy atom. The largest absolute Gasteiger partial charge is 0.504 e. The molecule has 0 aromatic heterocycles. The van der Waals surface area contributed by atoms with Crippen LogP contribution in [0.25, 0.3) is 0 Å². The molecule has 0 aliphatic rings. The van der Waals surface area contributed by atoms with Gasteiger partial charge in [0.05, 0.1) is 6.10 Å². The Morgan fingerprint density at radius 1 is 0.947 bits per heavy atom. The molecule has 0 saturated carbocycles. The van der Waals surface area contributed by atoms with Gasteiger partial charge in [-0.15, -0.1) is 0 Å². The molecule has 2 aromatic carbocycles. The zero-order valence-electron chi connectivity index (χ0n) is 10.5. The number of hydrogen-bond donors (Lipinski definition) is 4. The first kappa shape index (κ1) is 13.4. The molecule has 0 saturated heterocycles. The molecule has 100 valence electrons. The van der Waals surface area contributed by atoms with Crippen LogP contribution in [0.15, 0.2) is 48.5 Å². The monoisotopic (exact) mass is 259 g/mol. The van der Waals surface area contributed by atoms with Gasteiger partial charge in [-0.3, -0.25) is 0 Å². The minimum atomic E-state index is -0.727. The van der Waals surface area contributed by atoms with Gasteiger partial charge in [-0.2, -0.15) is 0 Å². The summed E-state index contributed by atoms with van der Waals surface area (Å²) >= 11 is 0. The van der Waals surface area contributed by atoms with Crippen LogP contribution in [-0.2, 0) is 6.54 Å². The van der Waals surface area contributed by atoms with Crippen molar-refractivity contribution in [2.45, 2.75) is 12.6 Å². The number of hydrogen-bond acceptors (Lipinski definition) is 4. The number of rotatable bonds is 5. The van der Waals surface area contributed by atoms with Gasteiger partial charge in [0.1, 0.15) is 0 Å². The van der Waals surface area contributed by atoms with Crippen molar-refractivity contribution in [3.63, 3.8) is 0 Å². The fraction of sp³-hybridized carbons (Fsp3) is 0.200. The van der Waals surface area contributed by atoms with Crippen LogP contribution < -0.4 is 5.32 Å². The molecule has 0 amide bonds. The molecule has 4 heteroatoms. The molecule has 2 rings (SSSR count). The number of aliphatic hydroxyl groups is 1. The van der Waals surface area contributed by atoms with E-state index in [1.54, 1.807) is 6.07 Å². The van der Waals surface area contributed by atoms with Gasteiger partial charge in [0, 0.05) is 13.1 Å². The summed E-state index contributed by atoms with van der Waals surface area (Å²) in [6.45, 7) is 1.04. The van der Waals surface area contributed by atoms with Gasteiger partial charge in [0.15, 0.2) is 11.5 Å². The second kappa shape index (κ2) is 6.22. The molecule has 4 N–H and O–H groups in total. The molecular weight excluding hydrogens is 242 g/mol. The second-order valence-electron chi connectivity index (χ2n) is 4.38. The van der Waals surface area contributed by atoms with E-state index < -0.39 is 6.10 Å². The van der Waals surface area contributed by atoms with E-state index in [0.29, 0.717) is 18.7 Å². The van der Waals surface area contributed by atoms with Gasteiger partial charge in [0.25, 0.3) is 0 Å². The third kappa shape index (κ3) is 3.71. The summed E-state index contributed by atoms with van der Waals surface area (Å²) < 4.78 is 0. The number of phenolic OH excluding ortho intramolecular Hbond substituents is 2. The van der Waals surface area contributed by atoms with E-state index in [1.807, 2.05) is 30.3 Å². The smallest absolute Gasteiger partial charge is 0.157 e. The fourth-order valence-electron chi connectivity index (χ4n) is 1.81. The lowest BCUT2D eigenvalue weighted by atomic mass is 10.1. The third-order valence-electron chi connectivity index (χ3n) is 2.89. The van der Waals surface area contributed by atoms with Crippen molar-refractivity contribution in [2.75, 3.05) is 6.54 Å². The molecule has 0 aliphatic carbocycles. The summed E-state index contributed by atoms with van der Waals surface area (Å²) in [5.74, 6) is -0.409. The standard InChI is InChI=1S/C15H17NO3/c17-13-7-6-12(8-14(13)18)15(19)10-16-9-11-4-2-1-3-5-11/h1-8,15-19H,9-10H2/t15-/m0/s1. The summed E-state index contributed by atoms with van der Waals surface area (Å²) in [7, 11) is 0. The maximum atomic E-state index is 9.96. The zero-order valence-corrected chi connectivity index (χ0v) is 10.5. The highest BCUT2D eigenvalue weighted by atomic mass is 16.3. The predicted octanol–water partition coefficient (Wildman–Crippen LogP) is 1.92. The summed E-state index contributed by atoms with van der Waals surface area (Å²) in [5.41, 5.74) is 1.71. The van der Waals surface area contributed by atoms with E-state index in [4.69, 9.17) is 0 Å². The number of aliphatic hydroxyl groups excluding tert-OH is 1. The Morgan fingerprint density at radius 2 is 1.68 bits per heavy atom. The number of benzene rings is 2. The van der Waals surface area contributed by atoms with Crippen LogP contribution in [0.4, 0.5) is 0 Å². The molecular formula is C15H17NO3. The van der Waals surface area contributed by atoms with E-state index in [-0.39, 0.29) is 11.5 Å². The lowest BCUT2D eigenvalue weighted by molar-refractivity contribution is 0.174. The Hall–Kier alpha value is -2.04. The summed E-state index contributed by atoms with van der Waals surface area (Å²) in [6, 6.07) is 14.2. The van der Waals surface area contributed by atoms with Gasteiger partial charge in [-0.05, 0) is 23.3 Å². The predicted molar refractivity (Wildman–Crippen MR) is 72.9 cm³/mol. The maximum Gasteiger partial charge on any atom is 0.157 e. The Bertz CT molecular complexity index is 528. The molecule has 0 spiro atoms. The average molecular weight is 259 g/mol. The number of nitrogens with one attached hydrogen (secondary N) is 1. The molecule has 0 fully saturated rings. The number of phenols is 2. The molecule has 19 heavy (non-hydrogen) atoms. The van der Waals surface area contributed by atoms with Crippen LogP contribution >= 0.6 is 0 Å². The highest BCUT2D eigenvalue weighted by molar-refractivity contribution is 5.41. The van der Waals surface area contributed by atoms with Gasteiger partial charge in [0.2, 0.25) is 0 Å². The lowest BCUT2D eigenvalue weighted by Crippen LogP contribution is -2.20. The molecule has 1 atom stereocenters. The summed E-state index contributed by atoms with van der Waals surface area (Å²) in [4.78, 5) is 0. The van der Waals surface area contributed by atoms with E-state index >= 15 is 0 Å². The molecule has 0 radical (unpaired) electrons.